The van der Waals surface area contributed by atoms with Gasteiger partial charge in [0, 0.05) is 0 Å². The zero-order valence-corrected chi connectivity index (χ0v) is 12.4. The molecule has 19 heavy (non-hydrogen) atoms. The van der Waals surface area contributed by atoms with Gasteiger partial charge < -0.3 is 10.1 Å². The van der Waals surface area contributed by atoms with Crippen LogP contribution in [-0.4, -0.2) is 19.2 Å². The standard InChI is InChI=1S/C16H24N2O/c1-5-16(12-17,18-4)7-6-8-19-15-10-13(2)9-14(3)11-15/h9-11,18H,5-8H2,1-4H3. The molecule has 1 unspecified atom stereocenters. The summed E-state index contributed by atoms with van der Waals surface area (Å²) in [7, 11) is 1.84. The summed E-state index contributed by atoms with van der Waals surface area (Å²) in [6.45, 7) is 6.82. The number of nitriles is 1. The molecule has 1 N–H and O–H groups in total. The van der Waals surface area contributed by atoms with Gasteiger partial charge in [0.15, 0.2) is 0 Å². The van der Waals surface area contributed by atoms with Gasteiger partial charge in [-0.05, 0) is 63.4 Å². The summed E-state index contributed by atoms with van der Waals surface area (Å²) in [4.78, 5) is 0. The van der Waals surface area contributed by atoms with E-state index < -0.39 is 5.54 Å². The van der Waals surface area contributed by atoms with Gasteiger partial charge in [0.2, 0.25) is 0 Å². The molecule has 104 valence electrons. The van der Waals surface area contributed by atoms with Gasteiger partial charge in [-0.3, -0.25) is 0 Å². The molecule has 3 heteroatoms. The summed E-state index contributed by atoms with van der Waals surface area (Å²) >= 11 is 0. The summed E-state index contributed by atoms with van der Waals surface area (Å²) in [6.07, 6.45) is 2.49. The van der Waals surface area contributed by atoms with Gasteiger partial charge in [-0.1, -0.05) is 13.0 Å². The fourth-order valence-corrected chi connectivity index (χ4v) is 2.25. The largest absolute Gasteiger partial charge is 0.494 e. The van der Waals surface area contributed by atoms with Crippen LogP contribution in [0.4, 0.5) is 0 Å². The average Bonchev–Trinajstić information content (AvgIpc) is 2.39. The van der Waals surface area contributed by atoms with Crippen LogP contribution in [0.1, 0.15) is 37.3 Å². The Morgan fingerprint density at radius 2 is 1.89 bits per heavy atom. The van der Waals surface area contributed by atoms with Gasteiger partial charge in [0.05, 0.1) is 12.7 Å². The maximum atomic E-state index is 9.21. The fourth-order valence-electron chi connectivity index (χ4n) is 2.25. The Morgan fingerprint density at radius 1 is 1.26 bits per heavy atom. The first kappa shape index (κ1) is 15.5. The zero-order valence-electron chi connectivity index (χ0n) is 12.4. The van der Waals surface area contributed by atoms with Crippen molar-refractivity contribution < 1.29 is 4.74 Å². The summed E-state index contributed by atoms with van der Waals surface area (Å²) in [5, 5.41) is 12.3. The second-order valence-corrected chi connectivity index (χ2v) is 5.07. The quantitative estimate of drug-likeness (QED) is 0.765. The molecule has 0 aliphatic rings. The number of benzene rings is 1. The predicted octanol–water partition coefficient (Wildman–Crippen LogP) is 3.35. The second-order valence-electron chi connectivity index (χ2n) is 5.07. The topological polar surface area (TPSA) is 45.0 Å². The Bertz CT molecular complexity index is 424. The van der Waals surface area contributed by atoms with Crippen LogP contribution in [0.15, 0.2) is 18.2 Å². The molecule has 0 heterocycles. The van der Waals surface area contributed by atoms with E-state index in [1.54, 1.807) is 0 Å². The highest BCUT2D eigenvalue weighted by Crippen LogP contribution is 2.19. The van der Waals surface area contributed by atoms with E-state index in [2.05, 4.69) is 31.3 Å². The molecular formula is C16H24N2O. The van der Waals surface area contributed by atoms with Gasteiger partial charge in [-0.25, -0.2) is 0 Å². The minimum absolute atomic E-state index is 0.411. The van der Waals surface area contributed by atoms with Crippen LogP contribution in [0.5, 0.6) is 5.75 Å². The normalized spacial score (nSPS) is 13.6. The van der Waals surface area contributed by atoms with Crippen molar-refractivity contribution in [3.05, 3.63) is 29.3 Å². The SMILES string of the molecule is CCC(C#N)(CCCOc1cc(C)cc(C)c1)NC. The Morgan fingerprint density at radius 3 is 2.37 bits per heavy atom. The summed E-state index contributed by atoms with van der Waals surface area (Å²) in [5.74, 6) is 0.918. The summed E-state index contributed by atoms with van der Waals surface area (Å²) < 4.78 is 5.76. The number of nitrogens with one attached hydrogen (secondary N) is 1. The predicted molar refractivity (Wildman–Crippen MR) is 78.3 cm³/mol. The van der Waals surface area contributed by atoms with E-state index in [0.717, 1.165) is 25.0 Å². The maximum Gasteiger partial charge on any atom is 0.119 e. The number of aryl methyl sites for hydroxylation is 2. The van der Waals surface area contributed by atoms with E-state index in [9.17, 15) is 5.26 Å². The molecule has 0 aliphatic heterocycles. The van der Waals surface area contributed by atoms with Crippen LogP contribution >= 0.6 is 0 Å². The van der Waals surface area contributed by atoms with Crippen molar-refractivity contribution in [2.45, 2.75) is 45.6 Å². The Balaban J connectivity index is 2.45. The van der Waals surface area contributed by atoms with E-state index in [-0.39, 0.29) is 0 Å². The lowest BCUT2D eigenvalue weighted by molar-refractivity contribution is 0.281. The highest BCUT2D eigenvalue weighted by molar-refractivity contribution is 5.32. The third kappa shape index (κ3) is 4.57. The summed E-state index contributed by atoms with van der Waals surface area (Å²) in [5.41, 5.74) is 2.02. The number of ether oxygens (including phenoxy) is 1. The molecule has 0 saturated heterocycles. The number of hydrogen-bond acceptors (Lipinski definition) is 3. The average molecular weight is 260 g/mol. The Kier molecular flexibility index (Phi) is 5.85. The maximum absolute atomic E-state index is 9.21. The van der Waals surface area contributed by atoms with Gasteiger partial charge in [-0.2, -0.15) is 5.26 Å². The third-order valence-corrected chi connectivity index (χ3v) is 3.51. The van der Waals surface area contributed by atoms with Crippen LogP contribution in [0.3, 0.4) is 0 Å². The molecule has 0 radical (unpaired) electrons. The third-order valence-electron chi connectivity index (χ3n) is 3.51. The van der Waals surface area contributed by atoms with Gasteiger partial charge in [-0.15, -0.1) is 0 Å². The van der Waals surface area contributed by atoms with E-state index in [1.165, 1.54) is 11.1 Å². The van der Waals surface area contributed by atoms with Crippen molar-refractivity contribution in [2.75, 3.05) is 13.7 Å². The second kappa shape index (κ2) is 7.16. The van der Waals surface area contributed by atoms with Crippen LogP contribution in [0, 0.1) is 25.2 Å². The number of hydrogen-bond donors (Lipinski definition) is 1. The van der Waals surface area contributed by atoms with E-state index in [4.69, 9.17) is 4.74 Å². The number of nitrogens with zero attached hydrogens (tertiary/aromatic N) is 1. The monoisotopic (exact) mass is 260 g/mol. The molecule has 0 aliphatic carbocycles. The molecule has 0 amide bonds. The first-order valence-electron chi connectivity index (χ1n) is 6.86. The Labute approximate surface area is 116 Å². The van der Waals surface area contributed by atoms with Gasteiger partial charge in [0.1, 0.15) is 11.3 Å². The van der Waals surface area contributed by atoms with E-state index in [0.29, 0.717) is 6.61 Å². The van der Waals surface area contributed by atoms with Crippen molar-refractivity contribution in [1.29, 1.82) is 5.26 Å². The molecule has 1 atom stereocenters. The lowest BCUT2D eigenvalue weighted by Gasteiger charge is -2.24. The van der Waals surface area contributed by atoms with E-state index in [1.807, 2.05) is 26.1 Å². The summed E-state index contributed by atoms with van der Waals surface area (Å²) in [6, 6.07) is 8.58. The minimum atomic E-state index is -0.411. The lowest BCUT2D eigenvalue weighted by Crippen LogP contribution is -2.41. The first-order chi connectivity index (χ1) is 9.05. The van der Waals surface area contributed by atoms with Gasteiger partial charge >= 0.3 is 0 Å². The molecular weight excluding hydrogens is 236 g/mol. The molecule has 0 spiro atoms. The first-order valence-corrected chi connectivity index (χ1v) is 6.86. The van der Waals surface area contributed by atoms with Crippen molar-refractivity contribution in [2.24, 2.45) is 0 Å². The van der Waals surface area contributed by atoms with Crippen LogP contribution < -0.4 is 10.1 Å². The van der Waals surface area contributed by atoms with Crippen molar-refractivity contribution >= 4 is 0 Å². The van der Waals surface area contributed by atoms with Crippen molar-refractivity contribution in [1.82, 2.24) is 5.32 Å². The highest BCUT2D eigenvalue weighted by atomic mass is 16.5. The molecule has 1 aromatic carbocycles. The van der Waals surface area contributed by atoms with Gasteiger partial charge in [0.25, 0.3) is 0 Å². The Hall–Kier alpha value is -1.53. The van der Waals surface area contributed by atoms with Crippen LogP contribution in [0.2, 0.25) is 0 Å². The molecule has 0 fully saturated rings. The van der Waals surface area contributed by atoms with Crippen LogP contribution in [0.25, 0.3) is 0 Å². The smallest absolute Gasteiger partial charge is 0.119 e. The van der Waals surface area contributed by atoms with Crippen LogP contribution in [-0.2, 0) is 0 Å². The molecule has 1 rings (SSSR count). The fraction of sp³-hybridized carbons (Fsp3) is 0.562. The minimum Gasteiger partial charge on any atom is -0.494 e. The molecule has 0 aromatic heterocycles. The lowest BCUT2D eigenvalue weighted by atomic mass is 9.92. The highest BCUT2D eigenvalue weighted by Gasteiger charge is 2.24. The zero-order chi connectivity index (χ0) is 14.3. The number of rotatable bonds is 7. The molecule has 0 bridgehead atoms. The molecule has 1 aromatic rings. The van der Waals surface area contributed by atoms with Crippen molar-refractivity contribution in [3.8, 4) is 11.8 Å². The molecule has 0 saturated carbocycles. The van der Waals surface area contributed by atoms with Crippen molar-refractivity contribution in [3.63, 3.8) is 0 Å². The molecule has 3 nitrogen and oxygen atoms in total. The van der Waals surface area contributed by atoms with E-state index >= 15 is 0 Å².